The van der Waals surface area contributed by atoms with Crippen LogP contribution >= 0.6 is 0 Å². The summed E-state index contributed by atoms with van der Waals surface area (Å²) < 4.78 is 99.5. The molecule has 0 aromatic heterocycles. The molecular formula is C72H94O15. The predicted molar refractivity (Wildman–Crippen MR) is 328 cm³/mol. The van der Waals surface area contributed by atoms with Crippen molar-refractivity contribution in [3.8, 4) is 0 Å². The van der Waals surface area contributed by atoms with Crippen LogP contribution in [0.1, 0.15) is 146 Å². The van der Waals surface area contributed by atoms with E-state index in [1.54, 1.807) is 0 Å². The van der Waals surface area contributed by atoms with Crippen molar-refractivity contribution in [3.05, 3.63) is 179 Å². The van der Waals surface area contributed by atoms with Gasteiger partial charge in [0.15, 0.2) is 30.8 Å². The summed E-state index contributed by atoms with van der Waals surface area (Å²) in [7, 11) is 0. The Hall–Kier alpha value is -4.95. The molecular weight excluding hydrogens is 1100 g/mol. The fourth-order valence-corrected chi connectivity index (χ4v) is 12.6. The summed E-state index contributed by atoms with van der Waals surface area (Å²) in [4.78, 5) is 14.6. The van der Waals surface area contributed by atoms with Gasteiger partial charge in [-0.2, -0.15) is 0 Å². The van der Waals surface area contributed by atoms with E-state index in [9.17, 15) is 4.79 Å². The second kappa shape index (κ2) is 33.2. The van der Waals surface area contributed by atoms with Crippen LogP contribution in [-0.4, -0.2) is 117 Å². The van der Waals surface area contributed by atoms with E-state index in [0.29, 0.717) is 13.0 Å². The van der Waals surface area contributed by atoms with Crippen molar-refractivity contribution >= 4 is 5.97 Å². The lowest BCUT2D eigenvalue weighted by Gasteiger charge is -2.51. The van der Waals surface area contributed by atoms with Crippen molar-refractivity contribution in [1.82, 2.24) is 0 Å². The Balaban J connectivity index is 1.10. The maximum absolute atomic E-state index is 14.6. The second-order valence-corrected chi connectivity index (χ2v) is 24.5. The molecule has 5 aromatic carbocycles. The topological polar surface area (TPSA) is 146 Å². The van der Waals surface area contributed by atoms with E-state index in [-0.39, 0.29) is 45.6 Å². The Bertz CT molecular complexity index is 2720. The van der Waals surface area contributed by atoms with E-state index in [1.165, 1.54) is 0 Å². The number of carbonyl (C=O) groups excluding carboxylic acids is 1. The van der Waals surface area contributed by atoms with Crippen molar-refractivity contribution in [1.29, 1.82) is 0 Å². The van der Waals surface area contributed by atoms with Crippen LogP contribution < -0.4 is 0 Å². The van der Waals surface area contributed by atoms with Crippen molar-refractivity contribution in [3.63, 3.8) is 0 Å². The highest BCUT2D eigenvalue weighted by Crippen LogP contribution is 2.43. The van der Waals surface area contributed by atoms with Crippen molar-refractivity contribution in [2.45, 2.75) is 255 Å². The average Bonchev–Trinajstić information content (AvgIpc) is 1.96. The van der Waals surface area contributed by atoms with Crippen LogP contribution in [0.3, 0.4) is 0 Å². The highest BCUT2D eigenvalue weighted by Gasteiger charge is 2.60. The van der Waals surface area contributed by atoms with Gasteiger partial charge in [0.1, 0.15) is 54.9 Å². The molecule has 5 fully saturated rings. The van der Waals surface area contributed by atoms with Crippen LogP contribution in [0.2, 0.25) is 0 Å². The number of unbranched alkanes of at least 4 members (excludes halogenated alkanes) is 2. The third-order valence-electron chi connectivity index (χ3n) is 17.1. The molecule has 5 aliphatic heterocycles. The molecule has 0 amide bonds. The van der Waals surface area contributed by atoms with Crippen LogP contribution in [-0.2, 0) is 104 Å². The number of carbonyl (C=O) groups is 1. The molecule has 5 saturated heterocycles. The van der Waals surface area contributed by atoms with Gasteiger partial charge in [0, 0.05) is 6.42 Å². The van der Waals surface area contributed by atoms with Gasteiger partial charge in [-0.1, -0.05) is 216 Å². The van der Waals surface area contributed by atoms with Gasteiger partial charge in [0.25, 0.3) is 0 Å². The van der Waals surface area contributed by atoms with Gasteiger partial charge in [-0.3, -0.25) is 4.79 Å². The lowest BCUT2D eigenvalue weighted by atomic mass is 9.95. The molecule has 87 heavy (non-hydrogen) atoms. The minimum atomic E-state index is -1.30. The van der Waals surface area contributed by atoms with Gasteiger partial charge in [-0.05, 0) is 74.8 Å². The molecule has 10 rings (SSSR count). The molecule has 0 saturated carbocycles. The fourth-order valence-electron chi connectivity index (χ4n) is 12.6. The molecule has 472 valence electrons. The Morgan fingerprint density at radius 2 is 0.885 bits per heavy atom. The molecule has 0 N–H and O–H groups in total. The van der Waals surface area contributed by atoms with Crippen LogP contribution in [0.4, 0.5) is 0 Å². The quantitative estimate of drug-likeness (QED) is 0.0537. The SMILES string of the molecule is CCCCC[C@H]1CCCCCCCCCC(=O)OC2C(OCc3ccccc3)[C@H](OCc3ccccc3)C(C)O[C@H]2OC2C(OCc3ccccc3)[C@H](OCc3ccccc3)C(COCc3ccccc3)O[C@H]2OC2C3OC(C)(C)O[C@H]3C(C)O[C@H]2O1. The zero-order valence-electron chi connectivity index (χ0n) is 51.7. The van der Waals surface area contributed by atoms with E-state index in [0.717, 1.165) is 98.4 Å². The Labute approximate surface area is 516 Å². The summed E-state index contributed by atoms with van der Waals surface area (Å²) in [5.74, 6) is -1.38. The minimum Gasteiger partial charge on any atom is -0.454 e. The largest absolute Gasteiger partial charge is 0.454 e. The standard InChI is InChI=1S/C72H94O15/c1-6-7-18-41-57-42-29-11-9-8-10-12-30-43-59(73)83-66-63(77-47-55-37-25-16-26-38-55)60(75-45-53-33-21-14-22-34-53)50(2)79-70(66)84-67-64(78-48-56-39-27-17-28-40-56)62(76-46-54-35-23-15-24-36-54)58(49-74-44-52-31-19-13-20-32-52)82-71(67)85-68-65-61(86-72(4,5)87-65)51(3)80-69(68)81-57/h13-17,19-28,31-40,50-51,57-58,60-71H,6-12,18,29-30,41-49H2,1-5H3/t50?,51?,57-,58?,60+,61-,62+,63?,64?,65?,66?,67?,68?,69-,70-,71-/m0/s1. The summed E-state index contributed by atoms with van der Waals surface area (Å²) in [6.45, 7) is 11.2. The number of esters is 1. The second-order valence-electron chi connectivity index (χ2n) is 24.5. The first-order valence-electron chi connectivity index (χ1n) is 32.3. The molecule has 15 nitrogen and oxygen atoms in total. The maximum Gasteiger partial charge on any atom is 0.306 e. The third-order valence-corrected chi connectivity index (χ3v) is 17.1. The highest BCUT2D eigenvalue weighted by molar-refractivity contribution is 5.69. The van der Waals surface area contributed by atoms with Crippen molar-refractivity contribution in [2.24, 2.45) is 0 Å². The Morgan fingerprint density at radius 1 is 0.437 bits per heavy atom. The zero-order valence-corrected chi connectivity index (χ0v) is 51.7. The van der Waals surface area contributed by atoms with Crippen molar-refractivity contribution < 1.29 is 71.1 Å². The first-order chi connectivity index (χ1) is 42.6. The number of fused-ring (bicyclic) bond motifs is 5. The zero-order chi connectivity index (χ0) is 60.2. The Morgan fingerprint density at radius 3 is 1.45 bits per heavy atom. The number of hydrogen-bond acceptors (Lipinski definition) is 15. The molecule has 0 spiro atoms. The summed E-state index contributed by atoms with van der Waals surface area (Å²) in [5, 5.41) is 0. The summed E-state index contributed by atoms with van der Waals surface area (Å²) in [6.07, 6.45) is -1.56. The number of benzene rings is 5. The number of ether oxygens (including phenoxy) is 14. The first-order valence-corrected chi connectivity index (χ1v) is 32.3. The lowest BCUT2D eigenvalue weighted by molar-refractivity contribution is -0.397. The smallest absolute Gasteiger partial charge is 0.306 e. The van der Waals surface area contributed by atoms with Gasteiger partial charge >= 0.3 is 5.97 Å². The Kier molecular flexibility index (Phi) is 24.8. The van der Waals surface area contributed by atoms with E-state index in [2.05, 4.69) is 6.92 Å². The molecule has 5 aliphatic rings. The summed E-state index contributed by atoms with van der Waals surface area (Å²) >= 11 is 0. The van der Waals surface area contributed by atoms with E-state index in [1.807, 2.05) is 179 Å². The molecule has 16 atom stereocenters. The van der Waals surface area contributed by atoms with Gasteiger partial charge in [0.2, 0.25) is 0 Å². The number of hydrogen-bond donors (Lipinski definition) is 0. The molecule has 0 bridgehead atoms. The molecule has 0 radical (unpaired) electrons. The summed E-state index contributed by atoms with van der Waals surface area (Å²) in [5.41, 5.74) is 4.76. The van der Waals surface area contributed by atoms with Gasteiger partial charge in [0.05, 0.1) is 58.0 Å². The molecule has 5 heterocycles. The van der Waals surface area contributed by atoms with E-state index >= 15 is 0 Å². The minimum absolute atomic E-state index is 0.0789. The van der Waals surface area contributed by atoms with E-state index in [4.69, 9.17) is 66.3 Å². The van der Waals surface area contributed by atoms with E-state index < -0.39 is 104 Å². The van der Waals surface area contributed by atoms with Crippen LogP contribution in [0.25, 0.3) is 0 Å². The van der Waals surface area contributed by atoms with Crippen LogP contribution in [0, 0.1) is 0 Å². The molecule has 5 aromatic rings. The van der Waals surface area contributed by atoms with Crippen LogP contribution in [0.15, 0.2) is 152 Å². The van der Waals surface area contributed by atoms with Crippen LogP contribution in [0.5, 0.6) is 0 Å². The van der Waals surface area contributed by atoms with Gasteiger partial charge in [-0.15, -0.1) is 0 Å². The normalized spacial score (nSPS) is 31.9. The monoisotopic (exact) mass is 1200 g/mol. The third kappa shape index (κ3) is 18.8. The number of rotatable bonds is 20. The molecule has 9 unspecified atom stereocenters. The van der Waals surface area contributed by atoms with Gasteiger partial charge < -0.3 is 66.3 Å². The fraction of sp³-hybridized carbons (Fsp3) is 0.569. The molecule has 0 aliphatic carbocycles. The highest BCUT2D eigenvalue weighted by atomic mass is 16.8. The van der Waals surface area contributed by atoms with Crippen molar-refractivity contribution in [2.75, 3.05) is 6.61 Å². The lowest BCUT2D eigenvalue weighted by Crippen LogP contribution is -2.67. The predicted octanol–water partition coefficient (Wildman–Crippen LogP) is 13.5. The van der Waals surface area contributed by atoms with Gasteiger partial charge in [-0.25, -0.2) is 0 Å². The summed E-state index contributed by atoms with van der Waals surface area (Å²) in [6, 6.07) is 50.0. The molecule has 15 heteroatoms. The first kappa shape index (κ1) is 65.0. The average molecular weight is 1200 g/mol. The maximum atomic E-state index is 14.6.